The molecule has 1 saturated heterocycles. The van der Waals surface area contributed by atoms with E-state index in [-0.39, 0.29) is 22.5 Å². The standard InChI is InChI=1S/C22H24F5NO4/c1-9-16(12-6-7-13(23)18(24)19(12)31-5)20(32-21(9,4)22(25,26)27)14-8-15(30)17(11(3)29)10(2)28-14/h6-9,11,16,20,29H,1-5H3,(H,28,30)/t9-,11+,16-,20-,21+/m0/s1. The van der Waals surface area contributed by atoms with Gasteiger partial charge in [0.25, 0.3) is 0 Å². The van der Waals surface area contributed by atoms with Crippen LogP contribution in [0.1, 0.15) is 61.4 Å². The fourth-order valence-electron chi connectivity index (χ4n) is 4.48. The van der Waals surface area contributed by atoms with Crippen LogP contribution in [0.4, 0.5) is 22.0 Å². The van der Waals surface area contributed by atoms with Gasteiger partial charge in [-0.25, -0.2) is 4.39 Å². The molecular weight excluding hydrogens is 437 g/mol. The minimum absolute atomic E-state index is 0.0185. The number of hydrogen-bond acceptors (Lipinski definition) is 4. The van der Waals surface area contributed by atoms with E-state index in [2.05, 4.69) is 4.98 Å². The molecule has 1 aromatic carbocycles. The third kappa shape index (κ3) is 3.69. The summed E-state index contributed by atoms with van der Waals surface area (Å²) in [7, 11) is 1.09. The number of aryl methyl sites for hydroxylation is 1. The monoisotopic (exact) mass is 461 g/mol. The number of benzene rings is 1. The van der Waals surface area contributed by atoms with Gasteiger partial charge in [0, 0.05) is 40.4 Å². The zero-order chi connectivity index (χ0) is 24.2. The molecule has 32 heavy (non-hydrogen) atoms. The minimum atomic E-state index is -4.79. The number of methoxy groups -OCH3 is 1. The van der Waals surface area contributed by atoms with Crippen LogP contribution in [-0.4, -0.2) is 29.0 Å². The van der Waals surface area contributed by atoms with Crippen LogP contribution in [0.15, 0.2) is 23.0 Å². The van der Waals surface area contributed by atoms with E-state index in [1.165, 1.54) is 20.8 Å². The molecule has 0 radical (unpaired) electrons. The van der Waals surface area contributed by atoms with Crippen molar-refractivity contribution in [2.75, 3.05) is 7.11 Å². The number of aliphatic hydroxyl groups is 1. The highest BCUT2D eigenvalue weighted by Gasteiger charge is 2.65. The molecule has 2 N–H and O–H groups in total. The molecular formula is C22H24F5NO4. The fraction of sp³-hybridized carbons (Fsp3) is 0.500. The Morgan fingerprint density at radius 1 is 1.28 bits per heavy atom. The van der Waals surface area contributed by atoms with Gasteiger partial charge in [-0.3, -0.25) is 4.79 Å². The van der Waals surface area contributed by atoms with Crippen molar-refractivity contribution in [2.45, 2.75) is 57.6 Å². The van der Waals surface area contributed by atoms with Gasteiger partial charge in [-0.15, -0.1) is 0 Å². The highest BCUT2D eigenvalue weighted by molar-refractivity contribution is 5.42. The lowest BCUT2D eigenvalue weighted by Crippen LogP contribution is -2.46. The van der Waals surface area contributed by atoms with E-state index in [1.807, 2.05) is 0 Å². The molecule has 3 rings (SSSR count). The molecule has 1 aliphatic rings. The van der Waals surface area contributed by atoms with Crippen molar-refractivity contribution < 1.29 is 36.5 Å². The molecule has 1 aromatic heterocycles. The van der Waals surface area contributed by atoms with Crippen LogP contribution in [0.3, 0.4) is 0 Å². The lowest BCUT2D eigenvalue weighted by atomic mass is 9.76. The summed E-state index contributed by atoms with van der Waals surface area (Å²) in [5, 5.41) is 9.83. The van der Waals surface area contributed by atoms with Gasteiger partial charge in [0.05, 0.1) is 13.2 Å². The summed E-state index contributed by atoms with van der Waals surface area (Å²) in [6, 6.07) is 3.03. The normalized spacial score (nSPS) is 26.9. The first-order valence-electron chi connectivity index (χ1n) is 9.92. The van der Waals surface area contributed by atoms with Crippen molar-refractivity contribution in [3.63, 3.8) is 0 Å². The number of hydrogen-bond donors (Lipinski definition) is 2. The fourth-order valence-corrected chi connectivity index (χ4v) is 4.48. The molecule has 0 bridgehead atoms. The number of pyridine rings is 1. The van der Waals surface area contributed by atoms with Crippen molar-refractivity contribution in [1.82, 2.24) is 4.98 Å². The summed E-state index contributed by atoms with van der Waals surface area (Å²) in [6.07, 6.45) is -7.25. The summed E-state index contributed by atoms with van der Waals surface area (Å²) in [5.41, 5.74) is -2.90. The maximum atomic E-state index is 14.4. The van der Waals surface area contributed by atoms with Crippen LogP contribution in [0.5, 0.6) is 5.75 Å². The minimum Gasteiger partial charge on any atom is -0.493 e. The molecule has 1 fully saturated rings. The third-order valence-corrected chi connectivity index (χ3v) is 6.32. The first-order chi connectivity index (χ1) is 14.7. The van der Waals surface area contributed by atoms with Gasteiger partial charge in [-0.1, -0.05) is 13.0 Å². The van der Waals surface area contributed by atoms with E-state index in [0.717, 1.165) is 32.2 Å². The van der Waals surface area contributed by atoms with Crippen molar-refractivity contribution in [2.24, 2.45) is 5.92 Å². The Morgan fingerprint density at radius 2 is 1.91 bits per heavy atom. The summed E-state index contributed by atoms with van der Waals surface area (Å²) >= 11 is 0. The number of aromatic nitrogens is 1. The maximum Gasteiger partial charge on any atom is 0.417 e. The zero-order valence-electron chi connectivity index (χ0n) is 18.1. The number of H-pyrrole nitrogens is 1. The predicted octanol–water partition coefficient (Wildman–Crippen LogP) is 4.84. The molecule has 176 valence electrons. The quantitative estimate of drug-likeness (QED) is 0.640. The van der Waals surface area contributed by atoms with Crippen LogP contribution in [0.2, 0.25) is 0 Å². The summed E-state index contributed by atoms with van der Waals surface area (Å²) in [6.45, 7) is 5.07. The van der Waals surface area contributed by atoms with Crippen LogP contribution in [0.25, 0.3) is 0 Å². The van der Waals surface area contributed by atoms with Crippen LogP contribution in [-0.2, 0) is 4.74 Å². The lowest BCUT2D eigenvalue weighted by Gasteiger charge is -2.32. The summed E-state index contributed by atoms with van der Waals surface area (Å²) in [5.74, 6) is -5.46. The van der Waals surface area contributed by atoms with E-state index >= 15 is 0 Å². The second-order valence-corrected chi connectivity index (χ2v) is 8.25. The number of halogens is 5. The number of alkyl halides is 3. The smallest absolute Gasteiger partial charge is 0.417 e. The first-order valence-corrected chi connectivity index (χ1v) is 9.92. The Balaban J connectivity index is 2.26. The topological polar surface area (TPSA) is 71.5 Å². The SMILES string of the molecule is COc1c([C@H]2[C@H](c3cc(=O)c([C@@H](C)O)c(C)[nH]3)O[C@@](C)(C(F)(F)F)[C@H]2C)ccc(F)c1F. The largest absolute Gasteiger partial charge is 0.493 e. The van der Waals surface area contributed by atoms with E-state index in [9.17, 15) is 31.9 Å². The molecule has 0 aliphatic carbocycles. The number of nitrogens with one attached hydrogen (secondary N) is 1. The van der Waals surface area contributed by atoms with Crippen molar-refractivity contribution >= 4 is 0 Å². The van der Waals surface area contributed by atoms with Gasteiger partial charge >= 0.3 is 6.18 Å². The van der Waals surface area contributed by atoms with Gasteiger partial charge in [-0.2, -0.15) is 17.6 Å². The van der Waals surface area contributed by atoms with E-state index in [1.54, 1.807) is 0 Å². The summed E-state index contributed by atoms with van der Waals surface area (Å²) < 4.78 is 80.8. The zero-order valence-corrected chi connectivity index (χ0v) is 18.1. The number of aliphatic hydroxyl groups excluding tert-OH is 1. The Labute approximate surface area is 181 Å². The maximum absolute atomic E-state index is 14.4. The Morgan fingerprint density at radius 3 is 2.41 bits per heavy atom. The first kappa shape index (κ1) is 24.2. The molecule has 5 nitrogen and oxygen atoms in total. The van der Waals surface area contributed by atoms with Crippen LogP contribution < -0.4 is 10.2 Å². The molecule has 2 aromatic rings. The van der Waals surface area contributed by atoms with Crippen molar-refractivity contribution in [3.05, 3.63) is 62.6 Å². The Hall–Kier alpha value is -2.46. The van der Waals surface area contributed by atoms with Gasteiger partial charge in [-0.05, 0) is 26.8 Å². The second kappa shape index (κ2) is 8.15. The molecule has 0 saturated carbocycles. The average molecular weight is 461 g/mol. The third-order valence-electron chi connectivity index (χ3n) is 6.32. The van der Waals surface area contributed by atoms with Gasteiger partial charge in [0.15, 0.2) is 22.6 Å². The predicted molar refractivity (Wildman–Crippen MR) is 106 cm³/mol. The summed E-state index contributed by atoms with van der Waals surface area (Å²) in [4.78, 5) is 15.4. The lowest BCUT2D eigenvalue weighted by molar-refractivity contribution is -0.275. The van der Waals surface area contributed by atoms with E-state index in [4.69, 9.17) is 9.47 Å². The van der Waals surface area contributed by atoms with Gasteiger partial charge in [0.2, 0.25) is 5.82 Å². The molecule has 2 heterocycles. The molecule has 0 amide bonds. The van der Waals surface area contributed by atoms with Crippen LogP contribution in [0, 0.1) is 24.5 Å². The highest BCUT2D eigenvalue weighted by Crippen LogP contribution is 2.59. The molecule has 1 aliphatic heterocycles. The van der Waals surface area contributed by atoms with Crippen molar-refractivity contribution in [3.8, 4) is 5.75 Å². The number of rotatable bonds is 4. The van der Waals surface area contributed by atoms with Gasteiger partial charge in [0.1, 0.15) is 6.10 Å². The molecule has 0 spiro atoms. The average Bonchev–Trinajstić information content (AvgIpc) is 2.95. The van der Waals surface area contributed by atoms with E-state index in [0.29, 0.717) is 0 Å². The van der Waals surface area contributed by atoms with Gasteiger partial charge < -0.3 is 19.6 Å². The van der Waals surface area contributed by atoms with Crippen LogP contribution >= 0.6 is 0 Å². The van der Waals surface area contributed by atoms with Crippen molar-refractivity contribution in [1.29, 1.82) is 0 Å². The Kier molecular flexibility index (Phi) is 6.16. The second-order valence-electron chi connectivity index (χ2n) is 8.25. The molecule has 0 unspecified atom stereocenters. The molecule has 10 heteroatoms. The Bertz CT molecular complexity index is 1080. The molecule has 5 atom stereocenters. The van der Waals surface area contributed by atoms with E-state index < -0.39 is 58.6 Å². The number of aromatic amines is 1. The highest BCUT2D eigenvalue weighted by atomic mass is 19.4. The number of ether oxygens (including phenoxy) is 2.